The zero-order valence-electron chi connectivity index (χ0n) is 10.8. The molecule has 2 aromatic rings. The Kier molecular flexibility index (Phi) is 3.84. The van der Waals surface area contributed by atoms with E-state index in [0.29, 0.717) is 6.07 Å². The van der Waals surface area contributed by atoms with Crippen molar-refractivity contribution in [2.75, 3.05) is 11.1 Å². The smallest absolute Gasteiger partial charge is 0.258 e. The quantitative estimate of drug-likeness (QED) is 0.659. The Morgan fingerprint density at radius 3 is 2.38 bits per heavy atom. The van der Waals surface area contributed by atoms with E-state index in [2.05, 4.69) is 0 Å². The molecule has 0 heterocycles. The van der Waals surface area contributed by atoms with Crippen LogP contribution < -0.4 is 11.1 Å². The second kappa shape index (κ2) is 5.43. The number of nitrogen functional groups attached to an aromatic ring is 1. The molecule has 0 unspecified atom stereocenters. The first-order valence-electron chi connectivity index (χ1n) is 5.81. The maximum Gasteiger partial charge on any atom is 0.258 e. The Bertz CT molecular complexity index is 731. The van der Waals surface area contributed by atoms with Crippen LogP contribution in [0.2, 0.25) is 0 Å². The molecule has 0 saturated carbocycles. The van der Waals surface area contributed by atoms with E-state index < -0.39 is 46.1 Å². The third-order valence-electron chi connectivity index (χ3n) is 2.85. The van der Waals surface area contributed by atoms with E-state index in [1.54, 1.807) is 0 Å². The summed E-state index contributed by atoms with van der Waals surface area (Å²) in [6.07, 6.45) is 0. The molecular weight excluding hydrogens is 288 g/mol. The number of carbonyl (C=O) groups is 1. The molecule has 2 aromatic carbocycles. The van der Waals surface area contributed by atoms with E-state index in [9.17, 15) is 22.4 Å². The molecule has 7 heteroatoms. The maximum atomic E-state index is 13.7. The highest BCUT2D eigenvalue weighted by molar-refractivity contribution is 6.05. The zero-order chi connectivity index (χ0) is 15.7. The molecule has 2 rings (SSSR count). The summed E-state index contributed by atoms with van der Waals surface area (Å²) in [6.45, 7) is 1.38. The van der Waals surface area contributed by atoms with Gasteiger partial charge in [0.15, 0.2) is 5.82 Å². The van der Waals surface area contributed by atoms with Crippen LogP contribution >= 0.6 is 0 Å². The molecule has 0 saturated heterocycles. The van der Waals surface area contributed by atoms with E-state index in [-0.39, 0.29) is 5.56 Å². The molecule has 0 aliphatic carbocycles. The minimum Gasteiger partial charge on any atom is -0.396 e. The van der Waals surface area contributed by atoms with Gasteiger partial charge in [-0.1, -0.05) is 6.07 Å². The molecule has 0 atom stereocenters. The SMILES string of the molecule is Cc1ccc(F)c(NC(=O)c2cc(N)c(F)cc2F)c1F. The fourth-order valence-corrected chi connectivity index (χ4v) is 1.69. The van der Waals surface area contributed by atoms with Gasteiger partial charge in [0.25, 0.3) is 5.91 Å². The molecule has 3 nitrogen and oxygen atoms in total. The zero-order valence-corrected chi connectivity index (χ0v) is 10.8. The van der Waals surface area contributed by atoms with Crippen LogP contribution in [0.1, 0.15) is 15.9 Å². The number of carbonyl (C=O) groups excluding carboxylic acids is 1. The van der Waals surface area contributed by atoms with Gasteiger partial charge in [-0.2, -0.15) is 0 Å². The van der Waals surface area contributed by atoms with Crippen LogP contribution in [0.4, 0.5) is 28.9 Å². The predicted molar refractivity (Wildman–Crippen MR) is 69.8 cm³/mol. The van der Waals surface area contributed by atoms with E-state index >= 15 is 0 Å². The normalized spacial score (nSPS) is 10.5. The number of anilines is 2. The second-order valence-corrected chi connectivity index (χ2v) is 4.36. The lowest BCUT2D eigenvalue weighted by Gasteiger charge is -2.10. The lowest BCUT2D eigenvalue weighted by Crippen LogP contribution is -2.17. The van der Waals surface area contributed by atoms with Crippen LogP contribution in [0.3, 0.4) is 0 Å². The van der Waals surface area contributed by atoms with E-state index in [0.717, 1.165) is 12.1 Å². The van der Waals surface area contributed by atoms with Gasteiger partial charge in [0.05, 0.1) is 11.3 Å². The van der Waals surface area contributed by atoms with Crippen molar-refractivity contribution in [2.24, 2.45) is 0 Å². The second-order valence-electron chi connectivity index (χ2n) is 4.36. The van der Waals surface area contributed by atoms with Gasteiger partial charge in [0, 0.05) is 6.07 Å². The molecule has 3 N–H and O–H groups in total. The molecule has 0 aliphatic heterocycles. The number of nitrogens with one attached hydrogen (secondary N) is 1. The number of nitrogens with two attached hydrogens (primary N) is 1. The Hall–Kier alpha value is -2.57. The van der Waals surface area contributed by atoms with E-state index in [4.69, 9.17) is 5.73 Å². The van der Waals surface area contributed by atoms with Gasteiger partial charge in [0.2, 0.25) is 0 Å². The van der Waals surface area contributed by atoms with Gasteiger partial charge in [-0.05, 0) is 24.6 Å². The molecule has 1 amide bonds. The topological polar surface area (TPSA) is 55.1 Å². The van der Waals surface area contributed by atoms with Crippen molar-refractivity contribution in [3.05, 3.63) is 58.7 Å². The fourth-order valence-electron chi connectivity index (χ4n) is 1.69. The first kappa shape index (κ1) is 14.8. The Morgan fingerprint density at radius 1 is 1.05 bits per heavy atom. The van der Waals surface area contributed by atoms with Gasteiger partial charge < -0.3 is 11.1 Å². The van der Waals surface area contributed by atoms with Crippen molar-refractivity contribution in [3.8, 4) is 0 Å². The average Bonchev–Trinajstić information content (AvgIpc) is 2.43. The van der Waals surface area contributed by atoms with Crippen molar-refractivity contribution >= 4 is 17.3 Å². The number of hydrogen-bond acceptors (Lipinski definition) is 2. The first-order valence-corrected chi connectivity index (χ1v) is 5.81. The van der Waals surface area contributed by atoms with Crippen LogP contribution in [0.5, 0.6) is 0 Å². The van der Waals surface area contributed by atoms with Crippen molar-refractivity contribution in [1.29, 1.82) is 0 Å². The van der Waals surface area contributed by atoms with Crippen LogP contribution in [-0.4, -0.2) is 5.91 Å². The largest absolute Gasteiger partial charge is 0.396 e. The number of aryl methyl sites for hydroxylation is 1. The van der Waals surface area contributed by atoms with Gasteiger partial charge in [-0.3, -0.25) is 4.79 Å². The maximum absolute atomic E-state index is 13.7. The van der Waals surface area contributed by atoms with Gasteiger partial charge >= 0.3 is 0 Å². The Labute approximate surface area is 117 Å². The molecule has 110 valence electrons. The summed E-state index contributed by atoms with van der Waals surface area (Å²) in [5, 5.41) is 1.92. The molecule has 0 aromatic heterocycles. The number of benzene rings is 2. The summed E-state index contributed by atoms with van der Waals surface area (Å²) in [5.74, 6) is -5.34. The molecule has 0 fully saturated rings. The number of hydrogen-bond donors (Lipinski definition) is 2. The summed E-state index contributed by atoms with van der Waals surface area (Å²) < 4.78 is 53.8. The lowest BCUT2D eigenvalue weighted by molar-refractivity contribution is 0.102. The summed E-state index contributed by atoms with van der Waals surface area (Å²) in [6, 6.07) is 3.33. The standard InChI is InChI=1S/C14H10F4N2O/c1-6-2-3-8(15)13(12(6)18)20-14(21)7-4-11(19)10(17)5-9(7)16/h2-5H,19H2,1H3,(H,20,21). The molecule has 0 spiro atoms. The van der Waals surface area contributed by atoms with Crippen molar-refractivity contribution in [3.63, 3.8) is 0 Å². The highest BCUT2D eigenvalue weighted by Gasteiger charge is 2.19. The lowest BCUT2D eigenvalue weighted by atomic mass is 10.1. The van der Waals surface area contributed by atoms with Crippen molar-refractivity contribution in [1.82, 2.24) is 0 Å². The summed E-state index contributed by atoms with van der Waals surface area (Å²) >= 11 is 0. The van der Waals surface area contributed by atoms with Crippen LogP contribution in [0.15, 0.2) is 24.3 Å². The third kappa shape index (κ3) is 2.81. The third-order valence-corrected chi connectivity index (χ3v) is 2.85. The monoisotopic (exact) mass is 298 g/mol. The molecule has 0 aliphatic rings. The minimum atomic E-state index is -1.19. The summed E-state index contributed by atoms with van der Waals surface area (Å²) in [5.41, 5.74) is 3.56. The highest BCUT2D eigenvalue weighted by atomic mass is 19.1. The van der Waals surface area contributed by atoms with E-state index in [1.807, 2.05) is 5.32 Å². The number of amides is 1. The minimum absolute atomic E-state index is 0.103. The highest BCUT2D eigenvalue weighted by Crippen LogP contribution is 2.23. The number of halogens is 4. The average molecular weight is 298 g/mol. The van der Waals surface area contributed by atoms with E-state index in [1.165, 1.54) is 13.0 Å². The molecular formula is C14H10F4N2O. The first-order chi connectivity index (χ1) is 9.81. The van der Waals surface area contributed by atoms with Crippen LogP contribution in [-0.2, 0) is 0 Å². The van der Waals surface area contributed by atoms with Crippen LogP contribution in [0.25, 0.3) is 0 Å². The summed E-state index contributed by atoms with van der Waals surface area (Å²) in [4.78, 5) is 11.9. The van der Waals surface area contributed by atoms with Crippen LogP contribution in [0, 0.1) is 30.2 Å². The fraction of sp³-hybridized carbons (Fsp3) is 0.0714. The van der Waals surface area contributed by atoms with Crippen molar-refractivity contribution in [2.45, 2.75) is 6.92 Å². The molecule has 21 heavy (non-hydrogen) atoms. The van der Waals surface area contributed by atoms with Gasteiger partial charge in [-0.15, -0.1) is 0 Å². The molecule has 0 bridgehead atoms. The number of rotatable bonds is 2. The molecule has 0 radical (unpaired) electrons. The van der Waals surface area contributed by atoms with Crippen molar-refractivity contribution < 1.29 is 22.4 Å². The Balaban J connectivity index is 2.40. The predicted octanol–water partition coefficient (Wildman–Crippen LogP) is 3.39. The van der Waals surface area contributed by atoms with Gasteiger partial charge in [0.1, 0.15) is 23.1 Å². The summed E-state index contributed by atoms with van der Waals surface area (Å²) in [7, 11) is 0. The van der Waals surface area contributed by atoms with Gasteiger partial charge in [-0.25, -0.2) is 17.6 Å². The Morgan fingerprint density at radius 2 is 1.71 bits per heavy atom.